The van der Waals surface area contributed by atoms with Crippen LogP contribution in [0.4, 0.5) is 5.69 Å². The number of carbonyl (C=O) groups is 1. The van der Waals surface area contributed by atoms with E-state index in [2.05, 4.69) is 5.32 Å². The van der Waals surface area contributed by atoms with Crippen LogP contribution in [0.1, 0.15) is 66.4 Å². The summed E-state index contributed by atoms with van der Waals surface area (Å²) in [5.74, 6) is 0.611. The second-order valence-corrected chi connectivity index (χ2v) is 10.7. The molecule has 0 saturated heterocycles. The average Bonchev–Trinajstić information content (AvgIpc) is 3.02. The number of sulfonamides is 1. The summed E-state index contributed by atoms with van der Waals surface area (Å²) in [6.45, 7) is 4.44. The predicted octanol–water partition coefficient (Wildman–Crippen LogP) is 5.22. The van der Waals surface area contributed by atoms with Gasteiger partial charge >= 0.3 is 0 Å². The fourth-order valence-corrected chi connectivity index (χ4v) is 5.55. The number of nitrogens with zero attached hydrogens (tertiary/aromatic N) is 1. The SMILES string of the molecule is Cc1ccc(S(=O)(=O)N(C)c2ccc(C(=O)NCCC3CCCCCC3)cc2C)cc1. The lowest BCUT2D eigenvalue weighted by Gasteiger charge is -2.22. The van der Waals surface area contributed by atoms with E-state index < -0.39 is 10.0 Å². The van der Waals surface area contributed by atoms with Crippen LogP contribution in [0.2, 0.25) is 0 Å². The highest BCUT2D eigenvalue weighted by molar-refractivity contribution is 7.92. The van der Waals surface area contributed by atoms with Gasteiger partial charge in [-0.1, -0.05) is 56.2 Å². The number of benzene rings is 2. The van der Waals surface area contributed by atoms with Gasteiger partial charge in [-0.05, 0) is 62.1 Å². The number of hydrogen-bond acceptors (Lipinski definition) is 3. The molecular weight excluding hydrogens is 408 g/mol. The first kappa shape index (κ1) is 23.3. The fourth-order valence-electron chi connectivity index (χ4n) is 4.29. The van der Waals surface area contributed by atoms with Crippen molar-refractivity contribution in [2.75, 3.05) is 17.9 Å². The molecule has 0 radical (unpaired) electrons. The van der Waals surface area contributed by atoms with Gasteiger partial charge in [0.1, 0.15) is 0 Å². The van der Waals surface area contributed by atoms with E-state index in [1.807, 2.05) is 13.8 Å². The summed E-state index contributed by atoms with van der Waals surface area (Å²) in [5.41, 5.74) is 2.88. The van der Waals surface area contributed by atoms with Crippen LogP contribution in [0.5, 0.6) is 0 Å². The number of anilines is 1. The van der Waals surface area contributed by atoms with Gasteiger partial charge in [0.2, 0.25) is 0 Å². The highest BCUT2D eigenvalue weighted by Gasteiger charge is 2.23. The maximum atomic E-state index is 13.0. The van der Waals surface area contributed by atoms with Crippen LogP contribution >= 0.6 is 0 Å². The molecular formula is C25H34N2O3S. The van der Waals surface area contributed by atoms with Crippen molar-refractivity contribution in [1.82, 2.24) is 5.32 Å². The van der Waals surface area contributed by atoms with Gasteiger partial charge in [-0.25, -0.2) is 8.42 Å². The molecule has 0 unspecified atom stereocenters. The van der Waals surface area contributed by atoms with E-state index in [0.717, 1.165) is 17.5 Å². The van der Waals surface area contributed by atoms with Gasteiger partial charge in [-0.2, -0.15) is 0 Å². The second kappa shape index (κ2) is 10.3. The third-order valence-corrected chi connectivity index (χ3v) is 8.08. The first-order chi connectivity index (χ1) is 14.8. The highest BCUT2D eigenvalue weighted by atomic mass is 32.2. The van der Waals surface area contributed by atoms with Crippen LogP contribution in [-0.2, 0) is 10.0 Å². The van der Waals surface area contributed by atoms with Gasteiger partial charge in [0.25, 0.3) is 15.9 Å². The Kier molecular flexibility index (Phi) is 7.76. The van der Waals surface area contributed by atoms with Crippen molar-refractivity contribution in [2.24, 2.45) is 5.92 Å². The van der Waals surface area contributed by atoms with Crippen molar-refractivity contribution in [3.63, 3.8) is 0 Å². The molecule has 1 aliphatic carbocycles. The van der Waals surface area contributed by atoms with Gasteiger partial charge in [-0.3, -0.25) is 9.10 Å². The number of aryl methyl sites for hydroxylation is 2. The lowest BCUT2D eigenvalue weighted by atomic mass is 9.97. The Bertz CT molecular complexity index is 992. The molecule has 0 aliphatic heterocycles. The molecule has 2 aromatic rings. The minimum absolute atomic E-state index is 0.104. The van der Waals surface area contributed by atoms with Crippen molar-refractivity contribution >= 4 is 21.6 Å². The van der Waals surface area contributed by atoms with Gasteiger partial charge in [-0.15, -0.1) is 0 Å². The molecule has 168 valence electrons. The Morgan fingerprint density at radius 2 is 1.65 bits per heavy atom. The van der Waals surface area contributed by atoms with Crippen LogP contribution in [0.25, 0.3) is 0 Å². The summed E-state index contributed by atoms with van der Waals surface area (Å²) in [7, 11) is -2.12. The molecule has 6 heteroatoms. The Balaban J connectivity index is 1.64. The number of carbonyl (C=O) groups excluding carboxylic acids is 1. The van der Waals surface area contributed by atoms with Crippen molar-refractivity contribution in [3.05, 3.63) is 59.2 Å². The third-order valence-electron chi connectivity index (χ3n) is 6.29. The minimum Gasteiger partial charge on any atom is -0.352 e. The molecule has 0 heterocycles. The largest absolute Gasteiger partial charge is 0.352 e. The van der Waals surface area contributed by atoms with Crippen LogP contribution in [0.15, 0.2) is 47.4 Å². The molecule has 1 amide bonds. The monoisotopic (exact) mass is 442 g/mol. The summed E-state index contributed by atoms with van der Waals surface area (Å²) < 4.78 is 27.2. The molecule has 2 aromatic carbocycles. The van der Waals surface area contributed by atoms with Crippen molar-refractivity contribution in [1.29, 1.82) is 0 Å². The van der Waals surface area contributed by atoms with E-state index in [4.69, 9.17) is 0 Å². The normalized spacial score (nSPS) is 15.3. The molecule has 0 aromatic heterocycles. The molecule has 31 heavy (non-hydrogen) atoms. The molecule has 3 rings (SSSR count). The van der Waals surface area contributed by atoms with Crippen molar-refractivity contribution in [2.45, 2.75) is 63.7 Å². The maximum Gasteiger partial charge on any atom is 0.264 e. The van der Waals surface area contributed by atoms with Gasteiger partial charge in [0, 0.05) is 19.2 Å². The van der Waals surface area contributed by atoms with E-state index in [1.54, 1.807) is 49.5 Å². The van der Waals surface area contributed by atoms with E-state index in [1.165, 1.54) is 42.8 Å². The summed E-state index contributed by atoms with van der Waals surface area (Å²) in [4.78, 5) is 12.8. The van der Waals surface area contributed by atoms with E-state index in [-0.39, 0.29) is 10.8 Å². The van der Waals surface area contributed by atoms with Gasteiger partial charge in [0.05, 0.1) is 10.6 Å². The summed E-state index contributed by atoms with van der Waals surface area (Å²) in [6, 6.07) is 12.0. The van der Waals surface area contributed by atoms with Crippen LogP contribution in [0.3, 0.4) is 0 Å². The molecule has 1 aliphatic rings. The Morgan fingerprint density at radius 3 is 2.26 bits per heavy atom. The van der Waals surface area contributed by atoms with Crippen LogP contribution in [-0.4, -0.2) is 27.9 Å². The van der Waals surface area contributed by atoms with Crippen molar-refractivity contribution < 1.29 is 13.2 Å². The number of amides is 1. The lowest BCUT2D eigenvalue weighted by Crippen LogP contribution is -2.28. The molecule has 1 saturated carbocycles. The zero-order valence-corrected chi connectivity index (χ0v) is 19.7. The van der Waals surface area contributed by atoms with Gasteiger partial charge < -0.3 is 5.32 Å². The second-order valence-electron chi connectivity index (χ2n) is 8.69. The zero-order chi connectivity index (χ0) is 22.4. The van der Waals surface area contributed by atoms with Crippen LogP contribution in [0, 0.1) is 19.8 Å². The highest BCUT2D eigenvalue weighted by Crippen LogP contribution is 2.27. The molecule has 1 fully saturated rings. The molecule has 0 atom stereocenters. The third kappa shape index (κ3) is 5.88. The number of rotatable bonds is 7. The average molecular weight is 443 g/mol. The smallest absolute Gasteiger partial charge is 0.264 e. The predicted molar refractivity (Wildman–Crippen MR) is 126 cm³/mol. The van der Waals surface area contributed by atoms with E-state index >= 15 is 0 Å². The summed E-state index contributed by atoms with van der Waals surface area (Å²) in [5, 5.41) is 3.03. The maximum absolute atomic E-state index is 13.0. The van der Waals surface area contributed by atoms with Crippen LogP contribution < -0.4 is 9.62 Å². The Morgan fingerprint density at radius 1 is 1.00 bits per heavy atom. The van der Waals surface area contributed by atoms with E-state index in [0.29, 0.717) is 23.7 Å². The molecule has 0 bridgehead atoms. The Labute approximate surface area is 186 Å². The zero-order valence-electron chi connectivity index (χ0n) is 18.9. The minimum atomic E-state index is -3.66. The Hall–Kier alpha value is -2.34. The molecule has 0 spiro atoms. The van der Waals surface area contributed by atoms with Gasteiger partial charge in [0.15, 0.2) is 0 Å². The topological polar surface area (TPSA) is 66.5 Å². The molecule has 5 nitrogen and oxygen atoms in total. The van der Waals surface area contributed by atoms with Crippen molar-refractivity contribution in [3.8, 4) is 0 Å². The summed E-state index contributed by atoms with van der Waals surface area (Å²) >= 11 is 0. The summed E-state index contributed by atoms with van der Waals surface area (Å²) in [6.07, 6.45) is 8.85. The quantitative estimate of drug-likeness (QED) is 0.598. The fraction of sp³-hybridized carbons (Fsp3) is 0.480. The first-order valence-electron chi connectivity index (χ1n) is 11.2. The lowest BCUT2D eigenvalue weighted by molar-refractivity contribution is 0.0951. The standard InChI is InChI=1S/C25H34N2O3S/c1-19-10-13-23(14-11-19)31(29,30)27(3)24-15-12-22(18-20(24)2)25(28)26-17-16-21-8-6-4-5-7-9-21/h10-15,18,21H,4-9,16-17H2,1-3H3,(H,26,28). The first-order valence-corrected chi connectivity index (χ1v) is 12.7. The molecule has 1 N–H and O–H groups in total. The van der Waals surface area contributed by atoms with E-state index in [9.17, 15) is 13.2 Å². The number of nitrogens with one attached hydrogen (secondary N) is 1. The number of hydrogen-bond donors (Lipinski definition) is 1.